The molecular weight excluding hydrogens is 389 g/mol. The van der Waals surface area contributed by atoms with Gasteiger partial charge in [0, 0.05) is 31.6 Å². The molecule has 1 aromatic carbocycles. The molecule has 0 bridgehead atoms. The molecule has 0 saturated heterocycles. The molecule has 1 N–H and O–H groups in total. The van der Waals surface area contributed by atoms with Crippen LogP contribution in [0.4, 0.5) is 33.9 Å². The van der Waals surface area contributed by atoms with E-state index >= 15 is 0 Å². The predicted molar refractivity (Wildman–Crippen MR) is 86.5 cm³/mol. The number of alkyl halides is 2. The van der Waals surface area contributed by atoms with Gasteiger partial charge in [-0.1, -0.05) is 19.4 Å². The fourth-order valence-corrected chi connectivity index (χ4v) is 3.37. The van der Waals surface area contributed by atoms with Crippen LogP contribution in [0.25, 0.3) is 0 Å². The Kier molecular flexibility index (Phi) is 4.71. The normalized spacial score (nSPS) is 20.8. The lowest BCUT2D eigenvalue weighted by atomic mass is 9.92. The fourth-order valence-electron chi connectivity index (χ4n) is 2.72. The van der Waals surface area contributed by atoms with E-state index in [4.69, 9.17) is 0 Å². The molecule has 1 saturated carbocycles. The van der Waals surface area contributed by atoms with E-state index in [1.165, 1.54) is 11.9 Å². The van der Waals surface area contributed by atoms with Crippen molar-refractivity contribution in [3.63, 3.8) is 0 Å². The van der Waals surface area contributed by atoms with E-state index < -0.39 is 26.9 Å². The number of halogens is 7. The van der Waals surface area contributed by atoms with Crippen LogP contribution in [0.1, 0.15) is 25.7 Å². The SMILES string of the molecule is CN(CC(=O)NC1CCC(F)(F)CC1)c1ccc(S(F)(F)(F)(F)F)cc1. The summed E-state index contributed by atoms with van der Waals surface area (Å²) in [5.41, 5.74) is 0.140. The molecule has 0 unspecified atom stereocenters. The van der Waals surface area contributed by atoms with Crippen molar-refractivity contribution in [2.45, 2.75) is 42.5 Å². The lowest BCUT2D eigenvalue weighted by Crippen LogP contribution is -2.44. The van der Waals surface area contributed by atoms with E-state index in [1.807, 2.05) is 0 Å². The third-order valence-corrected chi connectivity index (χ3v) is 5.35. The van der Waals surface area contributed by atoms with Crippen molar-refractivity contribution in [2.75, 3.05) is 18.5 Å². The van der Waals surface area contributed by atoms with Crippen LogP contribution in [0, 0.1) is 0 Å². The Labute approximate surface area is 146 Å². The number of carbonyl (C=O) groups excluding carboxylic acids is 1. The van der Waals surface area contributed by atoms with Gasteiger partial charge in [0.2, 0.25) is 11.8 Å². The van der Waals surface area contributed by atoms with Gasteiger partial charge in [0.15, 0.2) is 0 Å². The summed E-state index contributed by atoms with van der Waals surface area (Å²) < 4.78 is 89.5. The molecule has 26 heavy (non-hydrogen) atoms. The van der Waals surface area contributed by atoms with Gasteiger partial charge in [-0.3, -0.25) is 4.79 Å². The smallest absolute Gasteiger partial charge is 0.310 e. The maximum atomic E-state index is 13.1. The summed E-state index contributed by atoms with van der Waals surface area (Å²) in [6, 6.07) is 1.86. The maximum absolute atomic E-state index is 13.1. The minimum absolute atomic E-state index is 0.140. The van der Waals surface area contributed by atoms with Crippen molar-refractivity contribution in [2.24, 2.45) is 0 Å². The first-order valence-electron chi connectivity index (χ1n) is 7.78. The Hall–Kier alpha value is -1.65. The number of benzene rings is 1. The Bertz CT molecular complexity index is 666. The van der Waals surface area contributed by atoms with Crippen LogP contribution in [0.15, 0.2) is 29.2 Å². The molecule has 0 radical (unpaired) electrons. The number of carbonyl (C=O) groups is 1. The highest BCUT2D eigenvalue weighted by Gasteiger charge is 2.65. The van der Waals surface area contributed by atoms with Crippen LogP contribution in [-0.4, -0.2) is 31.5 Å². The van der Waals surface area contributed by atoms with Crippen molar-refractivity contribution in [1.29, 1.82) is 0 Å². The number of amides is 1. The maximum Gasteiger partial charge on any atom is 0.310 e. The molecule has 1 aliphatic carbocycles. The molecule has 1 aromatic rings. The van der Waals surface area contributed by atoms with Gasteiger partial charge in [0.05, 0.1) is 6.54 Å². The second-order valence-electron chi connectivity index (χ2n) is 6.52. The van der Waals surface area contributed by atoms with Gasteiger partial charge in [0.25, 0.3) is 0 Å². The van der Waals surface area contributed by atoms with Gasteiger partial charge >= 0.3 is 10.2 Å². The number of nitrogens with one attached hydrogen (secondary N) is 1. The summed E-state index contributed by atoms with van der Waals surface area (Å²) in [6.07, 6.45) is -0.352. The molecule has 1 fully saturated rings. The van der Waals surface area contributed by atoms with Crippen molar-refractivity contribution in [3.8, 4) is 0 Å². The average Bonchev–Trinajstić information content (AvgIpc) is 2.47. The first-order chi connectivity index (χ1) is 11.6. The average molecular weight is 408 g/mol. The number of rotatable bonds is 5. The molecule has 0 heterocycles. The van der Waals surface area contributed by atoms with Crippen LogP contribution in [0.3, 0.4) is 0 Å². The Morgan fingerprint density at radius 1 is 1.12 bits per heavy atom. The monoisotopic (exact) mass is 408 g/mol. The Balaban J connectivity index is 1.94. The molecule has 2 rings (SSSR count). The van der Waals surface area contributed by atoms with Crippen LogP contribution < -0.4 is 10.2 Å². The number of anilines is 1. The van der Waals surface area contributed by atoms with Gasteiger partial charge in [-0.25, -0.2) is 8.78 Å². The number of nitrogens with zero attached hydrogens (tertiary/aromatic N) is 1. The van der Waals surface area contributed by atoms with E-state index in [0.29, 0.717) is 0 Å². The fraction of sp³-hybridized carbons (Fsp3) is 0.533. The zero-order valence-corrected chi connectivity index (χ0v) is 14.6. The summed E-state index contributed by atoms with van der Waals surface area (Å²) in [5.74, 6) is -3.21. The summed E-state index contributed by atoms with van der Waals surface area (Å²) >= 11 is 0. The number of hydrogen-bond acceptors (Lipinski definition) is 2. The van der Waals surface area contributed by atoms with Gasteiger partial charge in [-0.05, 0) is 37.1 Å². The van der Waals surface area contributed by atoms with E-state index in [0.717, 1.165) is 12.1 Å². The van der Waals surface area contributed by atoms with E-state index in [-0.39, 0.29) is 56.1 Å². The van der Waals surface area contributed by atoms with E-state index in [9.17, 15) is 33.0 Å². The molecule has 1 aliphatic rings. The zero-order valence-electron chi connectivity index (χ0n) is 13.8. The quantitative estimate of drug-likeness (QED) is 0.655. The van der Waals surface area contributed by atoms with Gasteiger partial charge < -0.3 is 10.2 Å². The van der Waals surface area contributed by atoms with Crippen LogP contribution >= 0.6 is 10.2 Å². The van der Waals surface area contributed by atoms with E-state index in [2.05, 4.69) is 5.32 Å². The molecule has 11 heteroatoms. The molecule has 3 nitrogen and oxygen atoms in total. The van der Waals surface area contributed by atoms with Crippen molar-refractivity contribution < 1.29 is 33.0 Å². The molecule has 0 aliphatic heterocycles. The summed E-state index contributed by atoms with van der Waals surface area (Å²) in [6.45, 7) is -0.247. The second-order valence-corrected chi connectivity index (χ2v) is 8.93. The molecule has 0 spiro atoms. The van der Waals surface area contributed by atoms with Crippen LogP contribution in [0.5, 0.6) is 0 Å². The highest BCUT2D eigenvalue weighted by atomic mass is 32.5. The van der Waals surface area contributed by atoms with Crippen LogP contribution in [0.2, 0.25) is 0 Å². The van der Waals surface area contributed by atoms with Crippen molar-refractivity contribution in [3.05, 3.63) is 24.3 Å². The molecule has 0 aromatic heterocycles. The Morgan fingerprint density at radius 3 is 2.08 bits per heavy atom. The molecule has 0 atom stereocenters. The van der Waals surface area contributed by atoms with Crippen molar-refractivity contribution in [1.82, 2.24) is 5.32 Å². The lowest BCUT2D eigenvalue weighted by Gasteiger charge is -2.40. The summed E-state index contributed by atoms with van der Waals surface area (Å²) in [7, 11) is -8.32. The molecular formula is C15H19F7N2OS. The first kappa shape index (κ1) is 20.7. The minimum Gasteiger partial charge on any atom is -0.365 e. The van der Waals surface area contributed by atoms with Gasteiger partial charge in [-0.15, -0.1) is 0 Å². The highest BCUT2D eigenvalue weighted by Crippen LogP contribution is 3.02. The Morgan fingerprint density at radius 2 is 1.62 bits per heavy atom. The third-order valence-electron chi connectivity index (χ3n) is 4.19. The van der Waals surface area contributed by atoms with E-state index in [1.54, 1.807) is 0 Å². The highest BCUT2D eigenvalue weighted by molar-refractivity contribution is 8.45. The summed E-state index contributed by atoms with van der Waals surface area (Å²) in [5, 5.41) is 2.60. The molecule has 150 valence electrons. The largest absolute Gasteiger partial charge is 0.365 e. The topological polar surface area (TPSA) is 32.3 Å². The third kappa shape index (κ3) is 5.68. The molecule has 1 amide bonds. The lowest BCUT2D eigenvalue weighted by molar-refractivity contribution is -0.121. The number of hydrogen-bond donors (Lipinski definition) is 1. The van der Waals surface area contributed by atoms with Gasteiger partial charge in [-0.2, -0.15) is 0 Å². The first-order valence-corrected chi connectivity index (χ1v) is 9.73. The van der Waals surface area contributed by atoms with Crippen molar-refractivity contribution >= 4 is 21.8 Å². The van der Waals surface area contributed by atoms with Gasteiger partial charge in [0.1, 0.15) is 4.90 Å². The van der Waals surface area contributed by atoms with Crippen LogP contribution in [-0.2, 0) is 4.79 Å². The standard InChI is InChI=1S/C15H19F7N2OS/c1-24(10-14(25)23-11-6-8-15(16,17)9-7-11)12-2-4-13(5-3-12)26(18,19,20,21)22/h2-5,11H,6-10H2,1H3,(H,23,25). The number of likely N-dealkylation sites (N-methyl/N-ethyl adjacent to an activating group) is 1. The second kappa shape index (κ2) is 5.93. The predicted octanol–water partition coefficient (Wildman–Crippen LogP) is 5.47. The zero-order chi connectivity index (χ0) is 19.9. The minimum atomic E-state index is -9.73. The summed E-state index contributed by atoms with van der Waals surface area (Å²) in [4.78, 5) is 11.2.